The number of ether oxygens (including phenoxy) is 1. The van der Waals surface area contributed by atoms with Gasteiger partial charge in [0.15, 0.2) is 5.82 Å². The van der Waals surface area contributed by atoms with Crippen molar-refractivity contribution in [3.63, 3.8) is 0 Å². The SMILES string of the molecule is Cc1ncn(-c2ccc(Nc3nc4n(n3)CCCC4c3ccc(OC(F)(F)F)cc3)cc2F)n1.O=C(O)C(F)(F)F. The van der Waals surface area contributed by atoms with Gasteiger partial charge in [-0.2, -0.15) is 23.3 Å². The van der Waals surface area contributed by atoms with E-state index in [-0.39, 0.29) is 17.4 Å². The summed E-state index contributed by atoms with van der Waals surface area (Å²) in [5.41, 5.74) is 1.54. The Bertz CT molecular complexity index is 1520. The number of nitrogens with one attached hydrogen (secondary N) is 1. The smallest absolute Gasteiger partial charge is 0.475 e. The number of carbonyl (C=O) groups is 1. The Morgan fingerprint density at radius 1 is 1.07 bits per heavy atom. The Kier molecular flexibility index (Phi) is 8.16. The maximum atomic E-state index is 14.6. The number of benzene rings is 2. The Morgan fingerprint density at radius 2 is 1.76 bits per heavy atom. The highest BCUT2D eigenvalue weighted by atomic mass is 19.4. The van der Waals surface area contributed by atoms with E-state index in [1.165, 1.54) is 29.2 Å². The number of aryl methyl sites for hydroxylation is 2. The fourth-order valence-corrected chi connectivity index (χ4v) is 3.98. The lowest BCUT2D eigenvalue weighted by molar-refractivity contribution is -0.274. The van der Waals surface area contributed by atoms with Gasteiger partial charge in [0.1, 0.15) is 29.4 Å². The molecule has 3 heterocycles. The van der Waals surface area contributed by atoms with Gasteiger partial charge >= 0.3 is 18.5 Å². The quantitative estimate of drug-likeness (QED) is 0.294. The van der Waals surface area contributed by atoms with Crippen LogP contribution in [0.25, 0.3) is 5.69 Å². The van der Waals surface area contributed by atoms with Gasteiger partial charge in [-0.15, -0.1) is 18.3 Å². The maximum absolute atomic E-state index is 14.6. The fourth-order valence-electron chi connectivity index (χ4n) is 3.98. The Labute approximate surface area is 226 Å². The molecule has 1 aliphatic heterocycles. The van der Waals surface area contributed by atoms with Crippen molar-refractivity contribution in [2.24, 2.45) is 0 Å². The molecule has 1 aliphatic rings. The van der Waals surface area contributed by atoms with Crippen LogP contribution in [0, 0.1) is 12.7 Å². The van der Waals surface area contributed by atoms with E-state index >= 15 is 0 Å². The average Bonchev–Trinajstić information content (AvgIpc) is 3.49. The van der Waals surface area contributed by atoms with Crippen LogP contribution in [0.1, 0.15) is 36.0 Å². The van der Waals surface area contributed by atoms with Gasteiger partial charge < -0.3 is 15.2 Å². The highest BCUT2D eigenvalue weighted by molar-refractivity contribution is 5.73. The summed E-state index contributed by atoms with van der Waals surface area (Å²) in [4.78, 5) is 17.5. The predicted octanol–water partition coefficient (Wildman–Crippen LogP) is 5.51. The van der Waals surface area contributed by atoms with E-state index in [2.05, 4.69) is 30.2 Å². The van der Waals surface area contributed by atoms with Crippen molar-refractivity contribution in [2.45, 2.75) is 44.8 Å². The summed E-state index contributed by atoms with van der Waals surface area (Å²) in [6.07, 6.45) is -6.77. The summed E-state index contributed by atoms with van der Waals surface area (Å²) >= 11 is 0. The maximum Gasteiger partial charge on any atom is 0.573 e. The number of hydrogen-bond donors (Lipinski definition) is 2. The van der Waals surface area contributed by atoms with Crippen LogP contribution in [-0.4, -0.2) is 53.1 Å². The van der Waals surface area contributed by atoms with Crippen LogP contribution < -0.4 is 10.1 Å². The minimum atomic E-state index is -5.08. The molecule has 1 unspecified atom stereocenters. The number of fused-ring (bicyclic) bond motifs is 1. The normalized spacial score (nSPS) is 15.0. The van der Waals surface area contributed by atoms with Gasteiger partial charge in [-0.25, -0.2) is 23.5 Å². The van der Waals surface area contributed by atoms with Crippen LogP contribution in [0.15, 0.2) is 48.8 Å². The first-order valence-corrected chi connectivity index (χ1v) is 11.8. The molecule has 0 saturated carbocycles. The Hall–Kier alpha value is -4.70. The number of aromatic nitrogens is 6. The van der Waals surface area contributed by atoms with Gasteiger partial charge in [0.2, 0.25) is 5.95 Å². The third-order valence-electron chi connectivity index (χ3n) is 5.69. The first kappa shape index (κ1) is 29.3. The largest absolute Gasteiger partial charge is 0.573 e. The number of aliphatic carboxylic acids is 1. The minimum Gasteiger partial charge on any atom is -0.475 e. The first-order chi connectivity index (χ1) is 19.2. The molecule has 0 radical (unpaired) electrons. The lowest BCUT2D eigenvalue weighted by Gasteiger charge is -2.22. The summed E-state index contributed by atoms with van der Waals surface area (Å²) < 4.78 is 90.7. The zero-order chi connectivity index (χ0) is 29.9. The number of rotatable bonds is 5. The van der Waals surface area contributed by atoms with Crippen LogP contribution in [0.2, 0.25) is 0 Å². The number of hydrogen-bond acceptors (Lipinski definition) is 7. The molecule has 1 atom stereocenters. The van der Waals surface area contributed by atoms with Gasteiger partial charge in [0.05, 0.1) is 0 Å². The van der Waals surface area contributed by atoms with E-state index in [0.29, 0.717) is 29.8 Å². The summed E-state index contributed by atoms with van der Waals surface area (Å²) in [6, 6.07) is 10.4. The van der Waals surface area contributed by atoms with E-state index in [0.717, 1.165) is 18.4 Å². The van der Waals surface area contributed by atoms with Gasteiger partial charge in [-0.3, -0.25) is 0 Å². The molecule has 2 N–H and O–H groups in total. The molecule has 0 saturated heterocycles. The zero-order valence-electron chi connectivity index (χ0n) is 20.9. The van der Waals surface area contributed by atoms with E-state index in [1.807, 2.05) is 0 Å². The number of halogens is 7. The summed E-state index contributed by atoms with van der Waals surface area (Å²) in [5, 5.41) is 18.7. The molecule has 0 fully saturated rings. The minimum absolute atomic E-state index is 0.133. The standard InChI is InChI=1S/C22H19F4N7O.C2HF3O2/c1-13-27-12-33(30-13)19-9-6-15(11-18(19)23)28-21-29-20-17(3-2-10-32(20)31-21)14-4-7-16(8-5-14)34-22(24,25)26;3-2(4,5)1(6)7/h4-9,11-12,17H,2-3,10H2,1H3,(H,28,31);(H,6,7). The van der Waals surface area contributed by atoms with Crippen LogP contribution >= 0.6 is 0 Å². The second kappa shape index (κ2) is 11.4. The predicted molar refractivity (Wildman–Crippen MR) is 127 cm³/mol. The van der Waals surface area contributed by atoms with Crippen molar-refractivity contribution in [3.8, 4) is 11.4 Å². The number of nitrogens with zero attached hydrogens (tertiary/aromatic N) is 6. The third kappa shape index (κ3) is 7.49. The lowest BCUT2D eigenvalue weighted by atomic mass is 9.91. The Balaban J connectivity index is 0.000000493. The number of alkyl halides is 6. The van der Waals surface area contributed by atoms with Gasteiger partial charge in [0.25, 0.3) is 0 Å². The van der Waals surface area contributed by atoms with Crippen molar-refractivity contribution in [2.75, 3.05) is 5.32 Å². The first-order valence-electron chi connectivity index (χ1n) is 11.8. The van der Waals surface area contributed by atoms with E-state index < -0.39 is 24.3 Å². The lowest BCUT2D eigenvalue weighted by Crippen LogP contribution is -2.21. The van der Waals surface area contributed by atoms with E-state index in [1.54, 1.807) is 35.9 Å². The zero-order valence-corrected chi connectivity index (χ0v) is 20.9. The number of anilines is 2. The van der Waals surface area contributed by atoms with Crippen LogP contribution in [0.3, 0.4) is 0 Å². The number of carboxylic acid groups (broad SMARTS) is 1. The van der Waals surface area contributed by atoms with Crippen LogP contribution in [-0.2, 0) is 11.3 Å². The summed E-state index contributed by atoms with van der Waals surface area (Å²) in [6.45, 7) is 2.38. The van der Waals surface area contributed by atoms with Crippen molar-refractivity contribution < 1.29 is 45.4 Å². The van der Waals surface area contributed by atoms with Gasteiger partial charge in [-0.1, -0.05) is 12.1 Å². The Morgan fingerprint density at radius 3 is 2.32 bits per heavy atom. The molecule has 2 aromatic carbocycles. The van der Waals surface area contributed by atoms with Crippen LogP contribution in [0.4, 0.5) is 42.4 Å². The fraction of sp³-hybridized carbons (Fsp3) is 0.292. The van der Waals surface area contributed by atoms with Crippen molar-refractivity contribution in [3.05, 3.63) is 71.8 Å². The van der Waals surface area contributed by atoms with E-state index in [9.17, 15) is 30.7 Å². The summed E-state index contributed by atoms with van der Waals surface area (Å²) in [5.74, 6) is -2.12. The second-order valence-electron chi connectivity index (χ2n) is 8.66. The monoisotopic (exact) mass is 587 g/mol. The summed E-state index contributed by atoms with van der Waals surface area (Å²) in [7, 11) is 0. The van der Waals surface area contributed by atoms with Crippen molar-refractivity contribution in [1.29, 1.82) is 0 Å². The molecule has 218 valence electrons. The third-order valence-corrected chi connectivity index (χ3v) is 5.69. The van der Waals surface area contributed by atoms with Gasteiger partial charge in [0, 0.05) is 18.2 Å². The molecule has 4 aromatic rings. The van der Waals surface area contributed by atoms with Crippen molar-refractivity contribution in [1.82, 2.24) is 29.5 Å². The average molecular weight is 587 g/mol. The highest BCUT2D eigenvalue weighted by Gasteiger charge is 2.38. The molecule has 17 heteroatoms. The molecule has 41 heavy (non-hydrogen) atoms. The molecule has 2 aromatic heterocycles. The number of carboxylic acids is 1. The molecule has 0 aliphatic carbocycles. The molecule has 0 spiro atoms. The second-order valence-corrected chi connectivity index (χ2v) is 8.66. The molecule has 10 nitrogen and oxygen atoms in total. The van der Waals surface area contributed by atoms with E-state index in [4.69, 9.17) is 9.90 Å². The molecular weight excluding hydrogens is 567 g/mol. The molecular formula is C24H20F7N7O3. The van der Waals surface area contributed by atoms with Crippen LogP contribution in [0.5, 0.6) is 5.75 Å². The molecule has 0 bridgehead atoms. The molecule has 0 amide bonds. The van der Waals surface area contributed by atoms with Crippen molar-refractivity contribution >= 4 is 17.6 Å². The topological polar surface area (TPSA) is 120 Å². The highest BCUT2D eigenvalue weighted by Crippen LogP contribution is 2.34. The van der Waals surface area contributed by atoms with Gasteiger partial charge in [-0.05, 0) is 55.7 Å². The molecule has 5 rings (SSSR count).